The number of alkyl halides is 3. The number of ketones is 1. The maximum absolute atomic E-state index is 13.6. The zero-order valence-corrected chi connectivity index (χ0v) is 15.4. The summed E-state index contributed by atoms with van der Waals surface area (Å²) >= 11 is 0. The molecule has 2 atom stereocenters. The van der Waals surface area contributed by atoms with Gasteiger partial charge in [-0.15, -0.1) is 0 Å². The Hall–Kier alpha value is -2.80. The standard InChI is InChI=1S/C19H18F3N5O2/c20-19(21,22)16-15-11(5-13(28)18(16)29)7-26-17(15)10-1-3-27(4-2-10)14-9-24-12(6-23)8-25-14/h8-10,16,18,29H,1-5,7H2/t16-,18+/m1/s1. The molecule has 0 amide bonds. The van der Waals surface area contributed by atoms with Gasteiger partial charge in [0.15, 0.2) is 11.5 Å². The predicted molar refractivity (Wildman–Crippen MR) is 96.2 cm³/mol. The Morgan fingerprint density at radius 3 is 2.52 bits per heavy atom. The van der Waals surface area contributed by atoms with E-state index in [1.165, 1.54) is 12.4 Å². The van der Waals surface area contributed by atoms with Crippen LogP contribution in [0.4, 0.5) is 19.0 Å². The predicted octanol–water partition coefficient (Wildman–Crippen LogP) is 1.83. The number of aliphatic hydroxyl groups is 1. The van der Waals surface area contributed by atoms with Crippen molar-refractivity contribution in [3.8, 4) is 6.07 Å². The number of nitriles is 1. The van der Waals surface area contributed by atoms with Gasteiger partial charge in [0.2, 0.25) is 0 Å². The number of aromatic nitrogens is 2. The fraction of sp³-hybridized carbons (Fsp3) is 0.526. The second-order valence-corrected chi connectivity index (χ2v) is 7.46. The van der Waals surface area contributed by atoms with Crippen molar-refractivity contribution in [1.82, 2.24) is 9.97 Å². The Kier molecular flexibility index (Phi) is 4.86. The van der Waals surface area contributed by atoms with Crippen molar-refractivity contribution in [3.63, 3.8) is 0 Å². The van der Waals surface area contributed by atoms with Crippen LogP contribution in [0.1, 0.15) is 25.0 Å². The number of halogens is 3. The quantitative estimate of drug-likeness (QED) is 0.805. The minimum atomic E-state index is -4.71. The third-order valence-electron chi connectivity index (χ3n) is 5.75. The first-order valence-corrected chi connectivity index (χ1v) is 9.30. The number of Topliss-reactive ketones (excluding diaryl/α,β-unsaturated/α-hetero) is 1. The molecule has 1 fully saturated rings. The molecule has 0 spiro atoms. The summed E-state index contributed by atoms with van der Waals surface area (Å²) in [4.78, 5) is 26.4. The van der Waals surface area contributed by atoms with Gasteiger partial charge >= 0.3 is 6.18 Å². The summed E-state index contributed by atoms with van der Waals surface area (Å²) in [6.45, 7) is 1.22. The summed E-state index contributed by atoms with van der Waals surface area (Å²) in [7, 11) is 0. The second kappa shape index (κ2) is 7.22. The van der Waals surface area contributed by atoms with Gasteiger partial charge < -0.3 is 10.0 Å². The lowest BCUT2D eigenvalue weighted by molar-refractivity contribution is -0.190. The largest absolute Gasteiger partial charge is 0.398 e. The Balaban J connectivity index is 1.51. The molecule has 0 saturated carbocycles. The minimum Gasteiger partial charge on any atom is -0.384 e. The van der Waals surface area contributed by atoms with Crippen LogP contribution < -0.4 is 4.90 Å². The highest BCUT2D eigenvalue weighted by Crippen LogP contribution is 2.45. The van der Waals surface area contributed by atoms with Crippen LogP contribution in [0.5, 0.6) is 0 Å². The minimum absolute atomic E-state index is 0.0289. The summed E-state index contributed by atoms with van der Waals surface area (Å²) in [5.74, 6) is -2.54. The van der Waals surface area contributed by atoms with E-state index in [9.17, 15) is 23.1 Å². The van der Waals surface area contributed by atoms with Crippen LogP contribution in [0.2, 0.25) is 0 Å². The van der Waals surface area contributed by atoms with E-state index >= 15 is 0 Å². The summed E-state index contributed by atoms with van der Waals surface area (Å²) in [6, 6.07) is 1.90. The smallest absolute Gasteiger partial charge is 0.384 e. The molecule has 10 heteroatoms. The number of anilines is 1. The average Bonchev–Trinajstić information content (AvgIpc) is 3.11. The molecule has 0 aromatic carbocycles. The highest BCUT2D eigenvalue weighted by atomic mass is 19.4. The average molecular weight is 405 g/mol. The molecule has 1 aliphatic carbocycles. The van der Waals surface area contributed by atoms with E-state index in [-0.39, 0.29) is 30.2 Å². The third-order valence-corrected chi connectivity index (χ3v) is 5.75. The fourth-order valence-electron chi connectivity index (χ4n) is 4.34. The zero-order valence-electron chi connectivity index (χ0n) is 15.4. The normalized spacial score (nSPS) is 25.7. The highest BCUT2D eigenvalue weighted by Gasteiger charge is 2.54. The maximum Gasteiger partial charge on any atom is 0.398 e. The topological polar surface area (TPSA) is 102 Å². The SMILES string of the molecule is N#Cc1cnc(N2CCC(C3=NCC4=C3[C@@H](C(F)(F)F)[C@@H](O)C(=O)C4)CC2)cn1. The van der Waals surface area contributed by atoms with Gasteiger partial charge in [-0.2, -0.15) is 18.4 Å². The third kappa shape index (κ3) is 3.51. The lowest BCUT2D eigenvalue weighted by Gasteiger charge is -2.36. The van der Waals surface area contributed by atoms with E-state index in [4.69, 9.17) is 5.26 Å². The molecule has 7 nitrogen and oxygen atoms in total. The first kappa shape index (κ1) is 19.5. The number of nitrogens with zero attached hydrogens (tertiary/aromatic N) is 5. The molecule has 1 aromatic heterocycles. The number of carbonyl (C=O) groups excluding carboxylic acids is 1. The van der Waals surface area contributed by atoms with Gasteiger partial charge in [0.1, 0.15) is 23.9 Å². The molecule has 29 heavy (non-hydrogen) atoms. The lowest BCUT2D eigenvalue weighted by Crippen LogP contribution is -2.46. The number of aliphatic imine (C=N–C) groups is 1. The molecule has 0 unspecified atom stereocenters. The Morgan fingerprint density at radius 1 is 1.21 bits per heavy atom. The monoisotopic (exact) mass is 405 g/mol. The summed E-state index contributed by atoms with van der Waals surface area (Å²) < 4.78 is 40.9. The number of piperidine rings is 1. The van der Waals surface area contributed by atoms with E-state index in [1.54, 1.807) is 0 Å². The Morgan fingerprint density at radius 2 is 1.93 bits per heavy atom. The van der Waals surface area contributed by atoms with Gasteiger partial charge in [-0.05, 0) is 24.0 Å². The molecular formula is C19H18F3N5O2. The van der Waals surface area contributed by atoms with Crippen LogP contribution in [0.15, 0.2) is 28.5 Å². The van der Waals surface area contributed by atoms with E-state index < -0.39 is 24.0 Å². The van der Waals surface area contributed by atoms with Gasteiger partial charge in [0.05, 0.1) is 18.9 Å². The maximum atomic E-state index is 13.6. The molecular weight excluding hydrogens is 387 g/mol. The first-order valence-electron chi connectivity index (χ1n) is 9.30. The van der Waals surface area contributed by atoms with Gasteiger partial charge in [-0.1, -0.05) is 0 Å². The van der Waals surface area contributed by atoms with Crippen LogP contribution in [-0.2, 0) is 4.79 Å². The van der Waals surface area contributed by atoms with Gasteiger partial charge in [0, 0.05) is 31.1 Å². The molecule has 3 aliphatic rings. The molecule has 3 heterocycles. The summed E-state index contributed by atoms with van der Waals surface area (Å²) in [5, 5.41) is 18.8. The van der Waals surface area contributed by atoms with Gasteiger partial charge in [-0.25, -0.2) is 9.97 Å². The van der Waals surface area contributed by atoms with Crippen molar-refractivity contribution >= 4 is 17.3 Å². The highest BCUT2D eigenvalue weighted by molar-refractivity contribution is 6.08. The molecule has 2 aliphatic heterocycles. The van der Waals surface area contributed by atoms with Gasteiger partial charge in [0.25, 0.3) is 0 Å². The van der Waals surface area contributed by atoms with E-state index in [0.29, 0.717) is 43.0 Å². The van der Waals surface area contributed by atoms with Crippen LogP contribution in [0.3, 0.4) is 0 Å². The number of hydrogen-bond acceptors (Lipinski definition) is 7. The molecule has 0 bridgehead atoms. The lowest BCUT2D eigenvalue weighted by atomic mass is 9.74. The number of carbonyl (C=O) groups is 1. The zero-order chi connectivity index (χ0) is 20.8. The van der Waals surface area contributed by atoms with Gasteiger partial charge in [-0.3, -0.25) is 9.79 Å². The van der Waals surface area contributed by atoms with Crippen molar-refractivity contribution in [1.29, 1.82) is 5.26 Å². The van der Waals surface area contributed by atoms with Crippen molar-refractivity contribution in [2.24, 2.45) is 16.8 Å². The van der Waals surface area contributed by atoms with Crippen molar-refractivity contribution in [2.45, 2.75) is 31.5 Å². The summed E-state index contributed by atoms with van der Waals surface area (Å²) in [6.07, 6.45) is -2.90. The second-order valence-electron chi connectivity index (χ2n) is 7.46. The molecule has 4 rings (SSSR count). The van der Waals surface area contributed by atoms with Crippen molar-refractivity contribution < 1.29 is 23.1 Å². The Labute approximate surface area is 164 Å². The van der Waals surface area contributed by atoms with Crippen LogP contribution in [0.25, 0.3) is 0 Å². The molecule has 1 N–H and O–H groups in total. The van der Waals surface area contributed by atoms with E-state index in [1.807, 2.05) is 11.0 Å². The number of rotatable bonds is 2. The molecule has 0 radical (unpaired) electrons. The first-order chi connectivity index (χ1) is 13.8. The van der Waals surface area contributed by atoms with E-state index in [2.05, 4.69) is 15.0 Å². The van der Waals surface area contributed by atoms with Crippen LogP contribution >= 0.6 is 0 Å². The fourth-order valence-corrected chi connectivity index (χ4v) is 4.34. The van der Waals surface area contributed by atoms with Crippen molar-refractivity contribution in [3.05, 3.63) is 29.2 Å². The number of aliphatic hydroxyl groups excluding tert-OH is 1. The Bertz CT molecular complexity index is 925. The van der Waals surface area contributed by atoms with Crippen LogP contribution in [-0.4, -0.2) is 58.5 Å². The molecule has 1 saturated heterocycles. The van der Waals surface area contributed by atoms with Crippen LogP contribution in [0, 0.1) is 23.2 Å². The van der Waals surface area contributed by atoms with E-state index in [0.717, 1.165) is 0 Å². The summed E-state index contributed by atoms with van der Waals surface area (Å²) in [5.41, 5.74) is 1.02. The molecule has 1 aromatic rings. The number of hydrogen-bond donors (Lipinski definition) is 1. The molecule has 152 valence electrons. The van der Waals surface area contributed by atoms with Crippen molar-refractivity contribution in [2.75, 3.05) is 24.5 Å².